The van der Waals surface area contributed by atoms with Gasteiger partial charge in [0, 0.05) is 6.07 Å². The Hall–Kier alpha value is -2.97. The van der Waals surface area contributed by atoms with Gasteiger partial charge in [-0.05, 0) is 23.8 Å². The highest BCUT2D eigenvalue weighted by Gasteiger charge is 2.10. The van der Waals surface area contributed by atoms with Crippen LogP contribution in [0.15, 0.2) is 36.5 Å². The van der Waals surface area contributed by atoms with E-state index in [-0.39, 0.29) is 11.5 Å². The van der Waals surface area contributed by atoms with Crippen LogP contribution in [-0.4, -0.2) is 26.2 Å². The van der Waals surface area contributed by atoms with Crippen molar-refractivity contribution in [2.24, 2.45) is 0 Å². The molecule has 0 fully saturated rings. The molecule has 1 aromatic heterocycles. The van der Waals surface area contributed by atoms with Crippen molar-refractivity contribution in [3.8, 4) is 5.75 Å². The molecule has 0 aliphatic rings. The molecule has 116 valence electrons. The van der Waals surface area contributed by atoms with Crippen molar-refractivity contribution in [1.82, 2.24) is 9.78 Å². The molecule has 2 aromatic rings. The lowest BCUT2D eigenvalue weighted by molar-refractivity contribution is -0.389. The highest BCUT2D eigenvalue weighted by atomic mass is 16.6. The van der Waals surface area contributed by atoms with E-state index in [4.69, 9.17) is 4.74 Å². The van der Waals surface area contributed by atoms with Crippen LogP contribution < -0.4 is 4.74 Å². The zero-order valence-corrected chi connectivity index (χ0v) is 11.6. The Bertz CT molecular complexity index is 670. The maximum atomic E-state index is 10.6. The summed E-state index contributed by atoms with van der Waals surface area (Å²) in [6.07, 6.45) is 2.99. The summed E-state index contributed by atoms with van der Waals surface area (Å²) in [6, 6.07) is 7.34. The largest absolute Gasteiger partial charge is 0.493 e. The summed E-state index contributed by atoms with van der Waals surface area (Å²) in [7, 11) is 0. The van der Waals surface area contributed by atoms with Crippen LogP contribution >= 0.6 is 0 Å². The van der Waals surface area contributed by atoms with Gasteiger partial charge in [0.2, 0.25) is 0 Å². The maximum absolute atomic E-state index is 10.6. The number of aryl methyl sites for hydroxylation is 1. The molecule has 22 heavy (non-hydrogen) atoms. The summed E-state index contributed by atoms with van der Waals surface area (Å²) in [5.41, 5.74) is -0.0126. The molecule has 0 bridgehead atoms. The molecule has 0 atom stereocenters. The second kappa shape index (κ2) is 7.16. The molecule has 0 aliphatic carbocycles. The SMILES string of the molecule is O=[N+]([O-])c1cccc(OCCCCn2ccc([N+](=O)[O-])n2)c1. The van der Waals surface area contributed by atoms with E-state index in [0.717, 1.165) is 6.42 Å². The first-order valence-electron chi connectivity index (χ1n) is 6.61. The fraction of sp³-hybridized carbons (Fsp3) is 0.308. The predicted molar refractivity (Wildman–Crippen MR) is 76.7 cm³/mol. The Balaban J connectivity index is 1.72. The summed E-state index contributed by atoms with van der Waals surface area (Å²) in [5, 5.41) is 24.9. The lowest BCUT2D eigenvalue weighted by Gasteiger charge is -2.05. The normalized spacial score (nSPS) is 10.4. The van der Waals surface area contributed by atoms with Crippen LogP contribution in [0.25, 0.3) is 0 Å². The van der Waals surface area contributed by atoms with Crippen LogP contribution in [0.2, 0.25) is 0 Å². The van der Waals surface area contributed by atoms with Gasteiger partial charge in [-0.15, -0.1) is 0 Å². The van der Waals surface area contributed by atoms with E-state index in [1.165, 1.54) is 22.9 Å². The Morgan fingerprint density at radius 3 is 2.64 bits per heavy atom. The van der Waals surface area contributed by atoms with Gasteiger partial charge in [-0.25, -0.2) is 0 Å². The van der Waals surface area contributed by atoms with Crippen molar-refractivity contribution in [2.45, 2.75) is 19.4 Å². The van der Waals surface area contributed by atoms with Gasteiger partial charge in [-0.3, -0.25) is 10.1 Å². The van der Waals surface area contributed by atoms with Gasteiger partial charge in [0.15, 0.2) is 0 Å². The number of non-ortho nitro benzene ring substituents is 1. The Kier molecular flexibility index (Phi) is 5.02. The number of hydrogen-bond donors (Lipinski definition) is 0. The molecule has 1 aromatic carbocycles. The van der Waals surface area contributed by atoms with Gasteiger partial charge in [0.05, 0.1) is 41.5 Å². The summed E-state index contributed by atoms with van der Waals surface area (Å²) >= 11 is 0. The number of aromatic nitrogens is 2. The number of nitro groups is 2. The smallest absolute Gasteiger partial charge is 0.389 e. The van der Waals surface area contributed by atoms with Gasteiger partial charge >= 0.3 is 5.82 Å². The van der Waals surface area contributed by atoms with Crippen molar-refractivity contribution in [3.05, 3.63) is 56.8 Å². The molecular formula is C13H14N4O5. The summed E-state index contributed by atoms with van der Waals surface area (Å²) in [6.45, 7) is 0.955. The standard InChI is InChI=1S/C13H14N4O5/c18-16(19)11-4-3-5-12(10-11)22-9-2-1-7-15-8-6-13(14-15)17(20)21/h3-6,8,10H,1-2,7,9H2. The zero-order chi connectivity index (χ0) is 15.9. The first-order valence-corrected chi connectivity index (χ1v) is 6.61. The summed E-state index contributed by atoms with van der Waals surface area (Å²) in [4.78, 5) is 20.1. The fourth-order valence-corrected chi connectivity index (χ4v) is 1.83. The molecule has 0 N–H and O–H groups in total. The number of hydrogen-bond acceptors (Lipinski definition) is 6. The topological polar surface area (TPSA) is 113 Å². The van der Waals surface area contributed by atoms with E-state index in [0.29, 0.717) is 25.3 Å². The molecule has 0 aliphatic heterocycles. The lowest BCUT2D eigenvalue weighted by Crippen LogP contribution is -2.03. The zero-order valence-electron chi connectivity index (χ0n) is 11.6. The van der Waals surface area contributed by atoms with E-state index in [1.807, 2.05) is 0 Å². The monoisotopic (exact) mass is 306 g/mol. The van der Waals surface area contributed by atoms with Crippen molar-refractivity contribution >= 4 is 11.5 Å². The third-order valence-electron chi connectivity index (χ3n) is 2.89. The molecule has 1 heterocycles. The first kappa shape index (κ1) is 15.4. The van der Waals surface area contributed by atoms with E-state index in [1.54, 1.807) is 18.3 Å². The summed E-state index contributed by atoms with van der Waals surface area (Å²) < 4.78 is 6.94. The molecule has 2 rings (SSSR count). The second-order valence-corrected chi connectivity index (χ2v) is 4.50. The number of nitrogens with zero attached hydrogens (tertiary/aromatic N) is 4. The minimum Gasteiger partial charge on any atom is -0.493 e. The van der Waals surface area contributed by atoms with Crippen molar-refractivity contribution < 1.29 is 14.6 Å². The van der Waals surface area contributed by atoms with Gasteiger partial charge in [-0.1, -0.05) is 6.07 Å². The molecule has 0 unspecified atom stereocenters. The lowest BCUT2D eigenvalue weighted by atomic mass is 10.3. The van der Waals surface area contributed by atoms with Crippen LogP contribution in [0.3, 0.4) is 0 Å². The van der Waals surface area contributed by atoms with E-state index >= 15 is 0 Å². The molecular weight excluding hydrogens is 292 g/mol. The number of unbranched alkanes of at least 4 members (excludes halogenated alkanes) is 1. The quantitative estimate of drug-likeness (QED) is 0.420. The third kappa shape index (κ3) is 4.27. The van der Waals surface area contributed by atoms with Gasteiger partial charge in [0.1, 0.15) is 5.75 Å². The molecule has 0 radical (unpaired) electrons. The Morgan fingerprint density at radius 1 is 1.14 bits per heavy atom. The fourth-order valence-electron chi connectivity index (χ4n) is 1.83. The van der Waals surface area contributed by atoms with E-state index in [2.05, 4.69) is 5.10 Å². The molecule has 9 heteroatoms. The predicted octanol–water partition coefficient (Wildman–Crippen LogP) is 2.56. The molecule has 0 saturated carbocycles. The molecule has 0 saturated heterocycles. The average molecular weight is 306 g/mol. The minimum absolute atomic E-state index is 0.0126. The molecule has 0 spiro atoms. The minimum atomic E-state index is -0.540. The first-order chi connectivity index (χ1) is 10.6. The number of rotatable bonds is 8. The highest BCUT2D eigenvalue weighted by molar-refractivity contribution is 5.37. The van der Waals surface area contributed by atoms with Crippen LogP contribution in [0.1, 0.15) is 12.8 Å². The Morgan fingerprint density at radius 2 is 1.95 bits per heavy atom. The third-order valence-corrected chi connectivity index (χ3v) is 2.89. The number of benzene rings is 1. The molecule has 9 nitrogen and oxygen atoms in total. The van der Waals surface area contributed by atoms with E-state index in [9.17, 15) is 20.2 Å². The van der Waals surface area contributed by atoms with Crippen molar-refractivity contribution in [3.63, 3.8) is 0 Å². The van der Waals surface area contributed by atoms with E-state index < -0.39 is 9.85 Å². The highest BCUT2D eigenvalue weighted by Crippen LogP contribution is 2.19. The van der Waals surface area contributed by atoms with Crippen molar-refractivity contribution in [2.75, 3.05) is 6.61 Å². The van der Waals surface area contributed by atoms with Gasteiger partial charge < -0.3 is 14.9 Å². The number of nitro benzene ring substituents is 1. The van der Waals surface area contributed by atoms with Gasteiger partial charge in [0.25, 0.3) is 5.69 Å². The maximum Gasteiger partial charge on any atom is 0.389 e. The average Bonchev–Trinajstić information content (AvgIpc) is 2.96. The van der Waals surface area contributed by atoms with Crippen molar-refractivity contribution in [1.29, 1.82) is 0 Å². The van der Waals surface area contributed by atoms with Crippen LogP contribution in [0.5, 0.6) is 5.75 Å². The molecule has 0 amide bonds. The van der Waals surface area contributed by atoms with Gasteiger partial charge in [-0.2, -0.15) is 4.68 Å². The number of ether oxygens (including phenoxy) is 1. The van der Waals surface area contributed by atoms with Crippen LogP contribution in [0.4, 0.5) is 11.5 Å². The second-order valence-electron chi connectivity index (χ2n) is 4.50. The van der Waals surface area contributed by atoms with Crippen LogP contribution in [-0.2, 0) is 6.54 Å². The Labute approximate surface area is 125 Å². The summed E-state index contributed by atoms with van der Waals surface area (Å²) in [5.74, 6) is 0.275. The van der Waals surface area contributed by atoms with Crippen LogP contribution in [0, 0.1) is 20.2 Å².